The minimum absolute atomic E-state index is 0.753. The summed E-state index contributed by atoms with van der Waals surface area (Å²) in [5.74, 6) is 6.74. The lowest BCUT2D eigenvalue weighted by molar-refractivity contribution is 0.412. The van der Waals surface area contributed by atoms with Crippen LogP contribution in [0.3, 0.4) is 0 Å². The SMILES string of the molecule is CC#CCCNCc1cc(OC)cc(C)n1. The number of hydrogen-bond donors (Lipinski definition) is 1. The summed E-state index contributed by atoms with van der Waals surface area (Å²) in [4.78, 5) is 4.42. The van der Waals surface area contributed by atoms with Gasteiger partial charge in [0.15, 0.2) is 0 Å². The normalized spacial score (nSPS) is 9.44. The number of hydrogen-bond acceptors (Lipinski definition) is 3. The molecule has 3 heteroatoms. The van der Waals surface area contributed by atoms with Gasteiger partial charge in [0.25, 0.3) is 0 Å². The molecular formula is C13H18N2O. The van der Waals surface area contributed by atoms with E-state index in [1.165, 1.54) is 0 Å². The zero-order valence-electron chi connectivity index (χ0n) is 10.1. The first-order valence-electron chi connectivity index (χ1n) is 5.38. The molecule has 0 unspecified atom stereocenters. The molecular weight excluding hydrogens is 200 g/mol. The fourth-order valence-electron chi connectivity index (χ4n) is 1.40. The van der Waals surface area contributed by atoms with E-state index in [-0.39, 0.29) is 0 Å². The summed E-state index contributed by atoms with van der Waals surface area (Å²) in [7, 11) is 1.67. The smallest absolute Gasteiger partial charge is 0.122 e. The second kappa shape index (κ2) is 6.86. The molecule has 16 heavy (non-hydrogen) atoms. The third-order valence-corrected chi connectivity index (χ3v) is 2.13. The van der Waals surface area contributed by atoms with Gasteiger partial charge < -0.3 is 10.1 Å². The van der Waals surface area contributed by atoms with Gasteiger partial charge in [-0.3, -0.25) is 4.98 Å². The minimum atomic E-state index is 0.753. The van der Waals surface area contributed by atoms with Gasteiger partial charge in [0.1, 0.15) is 5.75 Å². The molecule has 0 aliphatic carbocycles. The van der Waals surface area contributed by atoms with E-state index in [4.69, 9.17) is 4.74 Å². The fraction of sp³-hybridized carbons (Fsp3) is 0.462. The Morgan fingerprint density at radius 2 is 2.25 bits per heavy atom. The summed E-state index contributed by atoms with van der Waals surface area (Å²) in [5, 5.41) is 3.29. The zero-order valence-corrected chi connectivity index (χ0v) is 10.1. The van der Waals surface area contributed by atoms with Crippen molar-refractivity contribution in [2.45, 2.75) is 26.8 Å². The molecule has 1 aromatic heterocycles. The van der Waals surface area contributed by atoms with Gasteiger partial charge in [-0.05, 0) is 13.8 Å². The molecule has 0 aromatic carbocycles. The van der Waals surface area contributed by atoms with Crippen molar-refractivity contribution in [3.8, 4) is 17.6 Å². The topological polar surface area (TPSA) is 34.1 Å². The highest BCUT2D eigenvalue weighted by Crippen LogP contribution is 2.12. The van der Waals surface area contributed by atoms with Crippen molar-refractivity contribution < 1.29 is 4.74 Å². The van der Waals surface area contributed by atoms with Crippen LogP contribution in [0.4, 0.5) is 0 Å². The maximum Gasteiger partial charge on any atom is 0.122 e. The molecule has 0 amide bonds. The van der Waals surface area contributed by atoms with Crippen LogP contribution in [0.1, 0.15) is 24.7 Å². The highest BCUT2D eigenvalue weighted by molar-refractivity contribution is 5.26. The summed E-state index contributed by atoms with van der Waals surface area (Å²) in [6.07, 6.45) is 0.874. The first-order valence-corrected chi connectivity index (χ1v) is 5.38. The molecule has 0 atom stereocenters. The van der Waals surface area contributed by atoms with Gasteiger partial charge in [0.2, 0.25) is 0 Å². The predicted octanol–water partition coefficient (Wildman–Crippen LogP) is 1.90. The molecule has 1 aromatic rings. The molecule has 0 radical (unpaired) electrons. The zero-order chi connectivity index (χ0) is 11.8. The quantitative estimate of drug-likeness (QED) is 0.605. The van der Waals surface area contributed by atoms with E-state index in [0.717, 1.165) is 36.6 Å². The molecule has 1 rings (SSSR count). The van der Waals surface area contributed by atoms with Gasteiger partial charge in [-0.25, -0.2) is 0 Å². The van der Waals surface area contributed by atoms with E-state index >= 15 is 0 Å². The number of nitrogens with zero attached hydrogens (tertiary/aromatic N) is 1. The Bertz CT molecular complexity index is 391. The monoisotopic (exact) mass is 218 g/mol. The Labute approximate surface area is 97.2 Å². The third-order valence-electron chi connectivity index (χ3n) is 2.13. The van der Waals surface area contributed by atoms with Crippen LogP contribution in [-0.2, 0) is 6.54 Å². The van der Waals surface area contributed by atoms with Crippen LogP contribution >= 0.6 is 0 Å². The molecule has 0 fully saturated rings. The number of pyridine rings is 1. The van der Waals surface area contributed by atoms with Gasteiger partial charge in [-0.15, -0.1) is 11.8 Å². The standard InChI is InChI=1S/C13H18N2O/c1-4-5-6-7-14-10-12-9-13(16-3)8-11(2)15-12/h8-9,14H,6-7,10H2,1-3H3. The molecule has 0 aliphatic rings. The van der Waals surface area contributed by atoms with Crippen LogP contribution in [0.25, 0.3) is 0 Å². The second-order valence-electron chi connectivity index (χ2n) is 3.49. The first-order chi connectivity index (χ1) is 7.76. The number of ether oxygens (including phenoxy) is 1. The number of aromatic nitrogens is 1. The molecule has 86 valence electrons. The summed E-state index contributed by atoms with van der Waals surface area (Å²) >= 11 is 0. The lowest BCUT2D eigenvalue weighted by Gasteiger charge is -2.06. The second-order valence-corrected chi connectivity index (χ2v) is 3.49. The molecule has 1 heterocycles. The number of nitrogens with one attached hydrogen (secondary N) is 1. The van der Waals surface area contributed by atoms with E-state index in [0.29, 0.717) is 0 Å². The van der Waals surface area contributed by atoms with Crippen LogP contribution in [0.5, 0.6) is 5.75 Å². The van der Waals surface area contributed by atoms with Crippen molar-refractivity contribution in [1.82, 2.24) is 10.3 Å². The Hall–Kier alpha value is -1.53. The van der Waals surface area contributed by atoms with Gasteiger partial charge >= 0.3 is 0 Å². The average molecular weight is 218 g/mol. The van der Waals surface area contributed by atoms with Crippen LogP contribution in [0.15, 0.2) is 12.1 Å². The van der Waals surface area contributed by atoms with Crippen molar-refractivity contribution in [2.24, 2.45) is 0 Å². The Morgan fingerprint density at radius 1 is 1.44 bits per heavy atom. The largest absolute Gasteiger partial charge is 0.497 e. The summed E-state index contributed by atoms with van der Waals surface area (Å²) in [6, 6.07) is 3.87. The molecule has 0 saturated heterocycles. The fourth-order valence-corrected chi connectivity index (χ4v) is 1.40. The van der Waals surface area contributed by atoms with Gasteiger partial charge in [0.05, 0.1) is 12.8 Å². The van der Waals surface area contributed by atoms with Crippen LogP contribution in [0.2, 0.25) is 0 Å². The number of methoxy groups -OCH3 is 1. The van der Waals surface area contributed by atoms with E-state index in [9.17, 15) is 0 Å². The van der Waals surface area contributed by atoms with E-state index in [1.54, 1.807) is 7.11 Å². The molecule has 1 N–H and O–H groups in total. The molecule has 0 aliphatic heterocycles. The summed E-state index contributed by atoms with van der Waals surface area (Å²) < 4.78 is 5.19. The van der Waals surface area contributed by atoms with E-state index in [2.05, 4.69) is 22.1 Å². The molecule has 0 saturated carbocycles. The highest BCUT2D eigenvalue weighted by atomic mass is 16.5. The minimum Gasteiger partial charge on any atom is -0.497 e. The van der Waals surface area contributed by atoms with Crippen molar-refractivity contribution in [1.29, 1.82) is 0 Å². The summed E-state index contributed by atoms with van der Waals surface area (Å²) in [6.45, 7) is 5.46. The lowest BCUT2D eigenvalue weighted by Crippen LogP contribution is -2.15. The Balaban J connectivity index is 2.46. The Kier molecular flexibility index (Phi) is 5.38. The van der Waals surface area contributed by atoms with E-state index in [1.807, 2.05) is 26.0 Å². The van der Waals surface area contributed by atoms with Crippen molar-refractivity contribution in [3.05, 3.63) is 23.5 Å². The maximum absolute atomic E-state index is 5.19. The van der Waals surface area contributed by atoms with Crippen molar-refractivity contribution >= 4 is 0 Å². The Morgan fingerprint density at radius 3 is 2.94 bits per heavy atom. The van der Waals surface area contributed by atoms with Crippen molar-refractivity contribution in [2.75, 3.05) is 13.7 Å². The van der Waals surface area contributed by atoms with Crippen LogP contribution in [0, 0.1) is 18.8 Å². The van der Waals surface area contributed by atoms with Gasteiger partial charge in [0, 0.05) is 37.3 Å². The number of rotatable bonds is 5. The highest BCUT2D eigenvalue weighted by Gasteiger charge is 1.99. The number of aryl methyl sites for hydroxylation is 1. The van der Waals surface area contributed by atoms with E-state index < -0.39 is 0 Å². The lowest BCUT2D eigenvalue weighted by atomic mass is 10.3. The van der Waals surface area contributed by atoms with Crippen molar-refractivity contribution in [3.63, 3.8) is 0 Å². The molecule has 0 bridgehead atoms. The first kappa shape index (κ1) is 12.5. The third kappa shape index (κ3) is 4.33. The summed E-state index contributed by atoms with van der Waals surface area (Å²) in [5.41, 5.74) is 1.98. The van der Waals surface area contributed by atoms with Gasteiger partial charge in [-0.1, -0.05) is 0 Å². The predicted molar refractivity (Wildman–Crippen MR) is 65.3 cm³/mol. The molecule has 3 nitrogen and oxygen atoms in total. The average Bonchev–Trinajstić information content (AvgIpc) is 2.28. The van der Waals surface area contributed by atoms with Gasteiger partial charge in [-0.2, -0.15) is 0 Å². The molecule has 0 spiro atoms. The van der Waals surface area contributed by atoms with Crippen LogP contribution in [-0.4, -0.2) is 18.6 Å². The maximum atomic E-state index is 5.19. The van der Waals surface area contributed by atoms with Crippen LogP contribution < -0.4 is 10.1 Å².